The Balaban J connectivity index is 1.97. The van der Waals surface area contributed by atoms with E-state index in [1.54, 1.807) is 24.3 Å². The predicted molar refractivity (Wildman–Crippen MR) is 64.6 cm³/mol. The molecule has 0 saturated carbocycles. The lowest BCUT2D eigenvalue weighted by Gasteiger charge is -2.11. The maximum atomic E-state index is 9.28. The number of ether oxygens (including phenoxy) is 1. The molecular formula is C14H13NO2. The first kappa shape index (κ1) is 11.3. The highest BCUT2D eigenvalue weighted by molar-refractivity contribution is 5.37. The molecule has 17 heavy (non-hydrogen) atoms. The van der Waals surface area contributed by atoms with Crippen molar-refractivity contribution in [2.24, 2.45) is 0 Å². The molecule has 0 radical (unpaired) electrons. The van der Waals surface area contributed by atoms with Crippen LogP contribution in [0.15, 0.2) is 47.6 Å². The molecule has 0 spiro atoms. The third kappa shape index (κ3) is 3.12. The Morgan fingerprint density at radius 2 is 2.29 bits per heavy atom. The molecule has 1 N–H and O–H groups in total. The summed E-state index contributed by atoms with van der Waals surface area (Å²) in [5, 5.41) is 18.1. The molecular weight excluding hydrogens is 214 g/mol. The fraction of sp³-hybridized carbons (Fsp3) is 0.214. The summed E-state index contributed by atoms with van der Waals surface area (Å²) in [6.45, 7) is 0.425. The second-order valence-electron chi connectivity index (χ2n) is 3.89. The molecule has 3 heteroatoms. The van der Waals surface area contributed by atoms with Gasteiger partial charge in [0.05, 0.1) is 6.07 Å². The van der Waals surface area contributed by atoms with Gasteiger partial charge in [-0.3, -0.25) is 0 Å². The molecule has 1 aliphatic rings. The molecule has 0 unspecified atom stereocenters. The summed E-state index contributed by atoms with van der Waals surface area (Å²) in [7, 11) is 0. The van der Waals surface area contributed by atoms with Crippen molar-refractivity contribution in [3.8, 4) is 17.6 Å². The van der Waals surface area contributed by atoms with E-state index in [0.29, 0.717) is 12.4 Å². The zero-order chi connectivity index (χ0) is 12.1. The average Bonchev–Trinajstić information content (AvgIpc) is 2.37. The van der Waals surface area contributed by atoms with Crippen molar-refractivity contribution < 1.29 is 9.84 Å². The van der Waals surface area contributed by atoms with Crippen LogP contribution >= 0.6 is 0 Å². The van der Waals surface area contributed by atoms with E-state index in [2.05, 4.69) is 12.1 Å². The number of aromatic hydroxyl groups is 1. The Hall–Kier alpha value is -2.21. The van der Waals surface area contributed by atoms with Crippen LogP contribution < -0.4 is 4.74 Å². The van der Waals surface area contributed by atoms with Crippen molar-refractivity contribution in [3.05, 3.63) is 47.6 Å². The van der Waals surface area contributed by atoms with Crippen LogP contribution in [-0.2, 0) is 0 Å². The lowest BCUT2D eigenvalue weighted by molar-refractivity contribution is 0.351. The normalized spacial score (nSPS) is 14.5. The number of nitrogens with zero attached hydrogens (tertiary/aromatic N) is 1. The van der Waals surface area contributed by atoms with Gasteiger partial charge in [-0.25, -0.2) is 0 Å². The minimum Gasteiger partial charge on any atom is -0.508 e. The standard InChI is InChI=1S/C14H13NO2/c15-9-11-3-1-4-12(7-11)10-17-14-6-2-5-13(16)8-14/h2,4-8,16H,1,3,10H2. The van der Waals surface area contributed by atoms with Crippen LogP contribution in [0.25, 0.3) is 0 Å². The highest BCUT2D eigenvalue weighted by Crippen LogP contribution is 2.20. The topological polar surface area (TPSA) is 53.2 Å². The number of nitriles is 1. The fourth-order valence-electron chi connectivity index (χ4n) is 1.70. The van der Waals surface area contributed by atoms with Crippen LogP contribution in [0, 0.1) is 11.3 Å². The van der Waals surface area contributed by atoms with Gasteiger partial charge in [0.25, 0.3) is 0 Å². The van der Waals surface area contributed by atoms with Crippen molar-refractivity contribution in [1.82, 2.24) is 0 Å². The van der Waals surface area contributed by atoms with Crippen LogP contribution in [0.3, 0.4) is 0 Å². The van der Waals surface area contributed by atoms with Crippen LogP contribution in [0.1, 0.15) is 12.8 Å². The minimum atomic E-state index is 0.188. The molecule has 0 amide bonds. The molecule has 0 aromatic heterocycles. The summed E-state index contributed by atoms with van der Waals surface area (Å²) >= 11 is 0. The minimum absolute atomic E-state index is 0.188. The first-order chi connectivity index (χ1) is 8.28. The first-order valence-corrected chi connectivity index (χ1v) is 5.49. The van der Waals surface area contributed by atoms with Crippen molar-refractivity contribution in [1.29, 1.82) is 5.26 Å². The molecule has 0 aliphatic heterocycles. The Kier molecular flexibility index (Phi) is 3.46. The second kappa shape index (κ2) is 5.22. The summed E-state index contributed by atoms with van der Waals surface area (Å²) in [6, 6.07) is 8.85. The molecule has 0 atom stereocenters. The third-order valence-electron chi connectivity index (χ3n) is 2.55. The van der Waals surface area contributed by atoms with Gasteiger partial charge in [0.15, 0.2) is 0 Å². The first-order valence-electron chi connectivity index (χ1n) is 5.49. The molecule has 0 heterocycles. The summed E-state index contributed by atoms with van der Waals surface area (Å²) in [5.74, 6) is 0.816. The molecule has 2 rings (SSSR count). The van der Waals surface area contributed by atoms with Crippen LogP contribution in [0.5, 0.6) is 11.5 Å². The van der Waals surface area contributed by atoms with Crippen molar-refractivity contribution in [3.63, 3.8) is 0 Å². The zero-order valence-electron chi connectivity index (χ0n) is 9.39. The van der Waals surface area contributed by atoms with Crippen LogP contribution in [0.4, 0.5) is 0 Å². The van der Waals surface area contributed by atoms with E-state index in [-0.39, 0.29) is 5.75 Å². The van der Waals surface area contributed by atoms with E-state index >= 15 is 0 Å². The van der Waals surface area contributed by atoms with Gasteiger partial charge in [0.2, 0.25) is 0 Å². The molecule has 0 bridgehead atoms. The van der Waals surface area contributed by atoms with Gasteiger partial charge >= 0.3 is 0 Å². The Labute approximate surface area is 100 Å². The lowest BCUT2D eigenvalue weighted by Crippen LogP contribution is -2.02. The third-order valence-corrected chi connectivity index (χ3v) is 2.55. The van der Waals surface area contributed by atoms with Crippen LogP contribution in [0.2, 0.25) is 0 Å². The summed E-state index contributed by atoms with van der Waals surface area (Å²) in [5.41, 5.74) is 1.80. The van der Waals surface area contributed by atoms with Gasteiger partial charge in [-0.1, -0.05) is 12.1 Å². The highest BCUT2D eigenvalue weighted by atomic mass is 16.5. The smallest absolute Gasteiger partial charge is 0.123 e. The van der Waals surface area contributed by atoms with Crippen molar-refractivity contribution in [2.75, 3.05) is 6.61 Å². The van der Waals surface area contributed by atoms with E-state index < -0.39 is 0 Å². The summed E-state index contributed by atoms with van der Waals surface area (Å²) in [6.07, 6.45) is 5.64. The Bertz CT molecular complexity index is 509. The quantitative estimate of drug-likeness (QED) is 0.863. The number of rotatable bonds is 3. The molecule has 3 nitrogen and oxygen atoms in total. The van der Waals surface area contributed by atoms with E-state index in [0.717, 1.165) is 24.0 Å². The number of benzene rings is 1. The fourth-order valence-corrected chi connectivity index (χ4v) is 1.70. The van der Waals surface area contributed by atoms with Gasteiger partial charge in [0.1, 0.15) is 18.1 Å². The Morgan fingerprint density at radius 1 is 1.41 bits per heavy atom. The van der Waals surface area contributed by atoms with E-state index in [9.17, 15) is 5.11 Å². The van der Waals surface area contributed by atoms with E-state index in [1.165, 1.54) is 0 Å². The van der Waals surface area contributed by atoms with E-state index in [1.807, 2.05) is 6.08 Å². The SMILES string of the molecule is N#CC1=CC(COc2cccc(O)c2)=CCC1. The maximum absolute atomic E-state index is 9.28. The molecule has 1 aliphatic carbocycles. The summed E-state index contributed by atoms with van der Waals surface area (Å²) in [4.78, 5) is 0. The van der Waals surface area contributed by atoms with Crippen molar-refractivity contribution >= 4 is 0 Å². The molecule has 0 fully saturated rings. The lowest BCUT2D eigenvalue weighted by atomic mass is 10.0. The number of phenolic OH excluding ortho intramolecular Hbond substituents is 1. The molecule has 86 valence electrons. The van der Waals surface area contributed by atoms with Gasteiger partial charge in [0, 0.05) is 11.6 Å². The van der Waals surface area contributed by atoms with Gasteiger partial charge in [-0.2, -0.15) is 5.26 Å². The zero-order valence-corrected chi connectivity index (χ0v) is 9.39. The average molecular weight is 227 g/mol. The number of phenols is 1. The number of allylic oxidation sites excluding steroid dienone is 2. The predicted octanol–water partition coefficient (Wildman–Crippen LogP) is 2.94. The van der Waals surface area contributed by atoms with Crippen LogP contribution in [-0.4, -0.2) is 11.7 Å². The number of hydrogen-bond acceptors (Lipinski definition) is 3. The van der Waals surface area contributed by atoms with Gasteiger partial charge in [-0.05, 0) is 36.6 Å². The van der Waals surface area contributed by atoms with E-state index in [4.69, 9.17) is 10.00 Å². The maximum Gasteiger partial charge on any atom is 0.123 e. The number of hydrogen-bond donors (Lipinski definition) is 1. The molecule has 1 aromatic rings. The molecule has 0 saturated heterocycles. The Morgan fingerprint density at radius 3 is 3.06 bits per heavy atom. The molecule has 1 aromatic carbocycles. The van der Waals surface area contributed by atoms with Gasteiger partial charge in [-0.15, -0.1) is 0 Å². The van der Waals surface area contributed by atoms with Gasteiger partial charge < -0.3 is 9.84 Å². The van der Waals surface area contributed by atoms with Crippen molar-refractivity contribution in [2.45, 2.75) is 12.8 Å². The highest BCUT2D eigenvalue weighted by Gasteiger charge is 2.05. The largest absolute Gasteiger partial charge is 0.508 e. The summed E-state index contributed by atoms with van der Waals surface area (Å²) < 4.78 is 5.54. The second-order valence-corrected chi connectivity index (χ2v) is 3.89. The monoisotopic (exact) mass is 227 g/mol.